The van der Waals surface area contributed by atoms with Crippen LogP contribution in [-0.4, -0.2) is 22.6 Å². The van der Waals surface area contributed by atoms with Gasteiger partial charge < -0.3 is 10.0 Å². The van der Waals surface area contributed by atoms with Crippen molar-refractivity contribution in [2.75, 3.05) is 11.4 Å². The summed E-state index contributed by atoms with van der Waals surface area (Å²) in [6, 6.07) is 12.0. The molecule has 108 valence electrons. The highest BCUT2D eigenvalue weighted by molar-refractivity contribution is 5.87. The Kier molecular flexibility index (Phi) is 3.60. The van der Waals surface area contributed by atoms with Crippen LogP contribution in [0.1, 0.15) is 28.5 Å². The molecule has 0 aliphatic carbocycles. The van der Waals surface area contributed by atoms with E-state index in [9.17, 15) is 9.90 Å². The Bertz CT molecular complexity index is 669. The minimum Gasteiger partial charge on any atom is -0.477 e. The summed E-state index contributed by atoms with van der Waals surface area (Å²) in [6.45, 7) is 3.74. The number of carboxylic acids is 1. The van der Waals surface area contributed by atoms with E-state index in [0.29, 0.717) is 12.5 Å². The highest BCUT2D eigenvalue weighted by atomic mass is 16.4. The lowest BCUT2D eigenvalue weighted by Gasteiger charge is -2.35. The largest absolute Gasteiger partial charge is 0.477 e. The van der Waals surface area contributed by atoms with Crippen molar-refractivity contribution in [2.45, 2.75) is 19.9 Å². The summed E-state index contributed by atoms with van der Waals surface area (Å²) in [5, 5.41) is 9.26. The Morgan fingerprint density at radius 1 is 1.33 bits per heavy atom. The van der Waals surface area contributed by atoms with E-state index in [4.69, 9.17) is 0 Å². The molecule has 0 fully saturated rings. The Balaban J connectivity index is 1.94. The van der Waals surface area contributed by atoms with Gasteiger partial charge in [0.2, 0.25) is 0 Å². The third kappa shape index (κ3) is 2.75. The Morgan fingerprint density at radius 2 is 2.14 bits per heavy atom. The van der Waals surface area contributed by atoms with Gasteiger partial charge in [0.05, 0.1) is 0 Å². The summed E-state index contributed by atoms with van der Waals surface area (Å²) in [6.07, 6.45) is 2.60. The van der Waals surface area contributed by atoms with Crippen LogP contribution in [0.5, 0.6) is 0 Å². The number of anilines is 1. The van der Waals surface area contributed by atoms with Crippen LogP contribution in [0.3, 0.4) is 0 Å². The molecule has 4 heteroatoms. The number of pyridine rings is 1. The molecule has 2 heterocycles. The highest BCUT2D eigenvalue weighted by Crippen LogP contribution is 2.30. The van der Waals surface area contributed by atoms with Gasteiger partial charge in [-0.3, -0.25) is 0 Å². The maximum Gasteiger partial charge on any atom is 0.354 e. The van der Waals surface area contributed by atoms with Crippen molar-refractivity contribution in [2.24, 2.45) is 5.92 Å². The number of para-hydroxylation sites is 1. The Hall–Kier alpha value is -2.36. The number of aromatic carboxylic acids is 1. The van der Waals surface area contributed by atoms with Crippen molar-refractivity contribution in [3.05, 3.63) is 59.4 Å². The molecule has 0 spiro atoms. The second kappa shape index (κ2) is 5.56. The molecule has 1 aliphatic heterocycles. The fourth-order valence-electron chi connectivity index (χ4n) is 3.02. The molecule has 0 bridgehead atoms. The Morgan fingerprint density at radius 3 is 2.95 bits per heavy atom. The minimum absolute atomic E-state index is 0.146. The van der Waals surface area contributed by atoms with Crippen LogP contribution in [0.2, 0.25) is 0 Å². The monoisotopic (exact) mass is 282 g/mol. The van der Waals surface area contributed by atoms with Crippen molar-refractivity contribution in [1.29, 1.82) is 0 Å². The highest BCUT2D eigenvalue weighted by Gasteiger charge is 2.23. The predicted octanol–water partition coefficient (Wildman–Crippen LogP) is 2.98. The Labute approximate surface area is 124 Å². The summed E-state index contributed by atoms with van der Waals surface area (Å²) in [7, 11) is 0. The molecule has 1 unspecified atom stereocenters. The molecule has 0 amide bonds. The normalized spacial score (nSPS) is 17.4. The summed E-state index contributed by atoms with van der Waals surface area (Å²) in [5.74, 6) is -0.409. The van der Waals surface area contributed by atoms with Gasteiger partial charge in [-0.1, -0.05) is 31.2 Å². The van der Waals surface area contributed by atoms with Crippen molar-refractivity contribution in [3.63, 3.8) is 0 Å². The van der Waals surface area contributed by atoms with Gasteiger partial charge in [0.1, 0.15) is 0 Å². The zero-order valence-corrected chi connectivity index (χ0v) is 12.0. The lowest BCUT2D eigenvalue weighted by atomic mass is 9.93. The second-order valence-electron chi connectivity index (χ2n) is 5.63. The van der Waals surface area contributed by atoms with E-state index in [-0.39, 0.29) is 5.69 Å². The summed E-state index contributed by atoms with van der Waals surface area (Å²) < 4.78 is 0. The van der Waals surface area contributed by atoms with Crippen molar-refractivity contribution in [1.82, 2.24) is 4.98 Å². The van der Waals surface area contributed by atoms with E-state index in [0.717, 1.165) is 18.5 Å². The quantitative estimate of drug-likeness (QED) is 0.940. The van der Waals surface area contributed by atoms with Crippen LogP contribution in [0.25, 0.3) is 0 Å². The molecule has 1 aromatic carbocycles. The number of fused-ring (bicyclic) bond motifs is 1. The number of hydrogen-bond donors (Lipinski definition) is 1. The van der Waals surface area contributed by atoms with Crippen LogP contribution in [0.4, 0.5) is 5.69 Å². The molecule has 21 heavy (non-hydrogen) atoms. The second-order valence-corrected chi connectivity index (χ2v) is 5.63. The first-order valence-electron chi connectivity index (χ1n) is 7.15. The first-order valence-corrected chi connectivity index (χ1v) is 7.15. The van der Waals surface area contributed by atoms with Crippen LogP contribution >= 0.6 is 0 Å². The van der Waals surface area contributed by atoms with Crippen molar-refractivity contribution >= 4 is 11.7 Å². The number of hydrogen-bond acceptors (Lipinski definition) is 3. The van der Waals surface area contributed by atoms with Crippen molar-refractivity contribution < 1.29 is 9.90 Å². The van der Waals surface area contributed by atoms with Crippen LogP contribution in [-0.2, 0) is 13.0 Å². The van der Waals surface area contributed by atoms with Crippen LogP contribution < -0.4 is 4.90 Å². The molecule has 3 rings (SSSR count). The van der Waals surface area contributed by atoms with E-state index in [1.165, 1.54) is 17.4 Å². The number of rotatable bonds is 3. The van der Waals surface area contributed by atoms with E-state index in [1.807, 2.05) is 12.1 Å². The van der Waals surface area contributed by atoms with E-state index in [1.54, 1.807) is 6.07 Å². The standard InChI is InChI=1S/C17H18N2O2/c1-12-9-13-5-2-3-7-15(13)19(10-12)11-14-6-4-8-18-16(14)17(20)21/h2-8,12H,9-11H2,1H3,(H,20,21). The summed E-state index contributed by atoms with van der Waals surface area (Å²) in [4.78, 5) is 17.5. The van der Waals surface area contributed by atoms with E-state index >= 15 is 0 Å². The minimum atomic E-state index is -0.969. The fraction of sp³-hybridized carbons (Fsp3) is 0.294. The molecule has 1 N–H and O–H groups in total. The van der Waals surface area contributed by atoms with E-state index < -0.39 is 5.97 Å². The number of nitrogens with zero attached hydrogens (tertiary/aromatic N) is 2. The number of aromatic nitrogens is 1. The molecular formula is C17H18N2O2. The number of carboxylic acid groups (broad SMARTS) is 1. The molecule has 1 aliphatic rings. The third-order valence-electron chi connectivity index (χ3n) is 3.89. The first-order chi connectivity index (χ1) is 10.1. The van der Waals surface area contributed by atoms with Gasteiger partial charge in [0, 0.05) is 30.5 Å². The van der Waals surface area contributed by atoms with Gasteiger partial charge in [-0.05, 0) is 30.0 Å². The molecule has 0 saturated heterocycles. The SMILES string of the molecule is CC1Cc2ccccc2N(Cc2cccnc2C(=O)O)C1. The van der Waals surface area contributed by atoms with Gasteiger partial charge in [-0.15, -0.1) is 0 Å². The van der Waals surface area contributed by atoms with Crippen LogP contribution in [0, 0.1) is 5.92 Å². The molecule has 0 radical (unpaired) electrons. The van der Waals surface area contributed by atoms with Gasteiger partial charge >= 0.3 is 5.97 Å². The molecule has 2 aromatic rings. The lowest BCUT2D eigenvalue weighted by molar-refractivity contribution is 0.0689. The molecule has 4 nitrogen and oxygen atoms in total. The molecule has 0 saturated carbocycles. The van der Waals surface area contributed by atoms with Gasteiger partial charge in [0.25, 0.3) is 0 Å². The van der Waals surface area contributed by atoms with Gasteiger partial charge in [0.15, 0.2) is 5.69 Å². The molecule has 1 aromatic heterocycles. The maximum atomic E-state index is 11.3. The van der Waals surface area contributed by atoms with Gasteiger partial charge in [-0.25, -0.2) is 9.78 Å². The zero-order chi connectivity index (χ0) is 14.8. The molecule has 1 atom stereocenters. The predicted molar refractivity (Wildman–Crippen MR) is 81.6 cm³/mol. The average molecular weight is 282 g/mol. The summed E-state index contributed by atoms with van der Waals surface area (Å²) >= 11 is 0. The third-order valence-corrected chi connectivity index (χ3v) is 3.89. The smallest absolute Gasteiger partial charge is 0.354 e. The van der Waals surface area contributed by atoms with Crippen molar-refractivity contribution in [3.8, 4) is 0 Å². The fourth-order valence-corrected chi connectivity index (χ4v) is 3.02. The van der Waals surface area contributed by atoms with E-state index in [2.05, 4.69) is 35.0 Å². The van der Waals surface area contributed by atoms with Crippen LogP contribution in [0.15, 0.2) is 42.6 Å². The zero-order valence-electron chi connectivity index (χ0n) is 12.0. The number of benzene rings is 1. The summed E-state index contributed by atoms with van der Waals surface area (Å²) in [5.41, 5.74) is 3.44. The number of carbonyl (C=O) groups is 1. The molecular weight excluding hydrogens is 264 g/mol. The maximum absolute atomic E-state index is 11.3. The first kappa shape index (κ1) is 13.6. The lowest BCUT2D eigenvalue weighted by Crippen LogP contribution is -2.34. The average Bonchev–Trinajstić information content (AvgIpc) is 2.47. The van der Waals surface area contributed by atoms with Gasteiger partial charge in [-0.2, -0.15) is 0 Å². The topological polar surface area (TPSA) is 53.4 Å².